The SMILES string of the molecule is O=C(c1coc(CN2CCN(c3ccccc3F)CC2)n1)N1CCC[C@H]1CO. The Labute approximate surface area is 163 Å². The maximum atomic E-state index is 13.9. The summed E-state index contributed by atoms with van der Waals surface area (Å²) in [4.78, 5) is 22.8. The summed E-state index contributed by atoms with van der Waals surface area (Å²) in [5, 5.41) is 9.40. The molecule has 0 radical (unpaired) electrons. The highest BCUT2D eigenvalue weighted by atomic mass is 19.1. The number of halogens is 1. The van der Waals surface area contributed by atoms with E-state index in [1.54, 1.807) is 17.0 Å². The molecule has 2 aromatic rings. The van der Waals surface area contributed by atoms with Crippen LogP contribution in [0.1, 0.15) is 29.2 Å². The predicted molar refractivity (Wildman–Crippen MR) is 102 cm³/mol. The van der Waals surface area contributed by atoms with Gasteiger partial charge in [-0.05, 0) is 25.0 Å². The summed E-state index contributed by atoms with van der Waals surface area (Å²) < 4.78 is 19.5. The van der Waals surface area contributed by atoms with Crippen molar-refractivity contribution in [2.24, 2.45) is 0 Å². The first-order chi connectivity index (χ1) is 13.7. The van der Waals surface area contributed by atoms with Crippen molar-refractivity contribution >= 4 is 11.6 Å². The zero-order chi connectivity index (χ0) is 19.5. The van der Waals surface area contributed by atoms with Gasteiger partial charge < -0.3 is 19.3 Å². The fourth-order valence-corrected chi connectivity index (χ4v) is 3.97. The van der Waals surface area contributed by atoms with Crippen LogP contribution in [0.2, 0.25) is 0 Å². The summed E-state index contributed by atoms with van der Waals surface area (Å²) in [6.45, 7) is 4.10. The van der Waals surface area contributed by atoms with Crippen LogP contribution in [0.25, 0.3) is 0 Å². The van der Waals surface area contributed by atoms with Gasteiger partial charge in [-0.3, -0.25) is 9.69 Å². The van der Waals surface area contributed by atoms with Gasteiger partial charge in [0.2, 0.25) is 5.89 Å². The van der Waals surface area contributed by atoms with Crippen molar-refractivity contribution in [3.8, 4) is 0 Å². The number of carbonyl (C=O) groups is 1. The van der Waals surface area contributed by atoms with Crippen molar-refractivity contribution in [2.45, 2.75) is 25.4 Å². The number of aromatic nitrogens is 1. The maximum absolute atomic E-state index is 13.9. The summed E-state index contributed by atoms with van der Waals surface area (Å²) in [6.07, 6.45) is 3.12. The zero-order valence-corrected chi connectivity index (χ0v) is 15.8. The molecular formula is C20H25FN4O3. The molecule has 7 nitrogen and oxygen atoms in total. The number of hydrogen-bond donors (Lipinski definition) is 1. The molecular weight excluding hydrogens is 363 g/mol. The largest absolute Gasteiger partial charge is 0.447 e. The normalized spacial score (nSPS) is 20.7. The van der Waals surface area contributed by atoms with Gasteiger partial charge >= 0.3 is 0 Å². The van der Waals surface area contributed by atoms with Gasteiger partial charge in [0.15, 0.2) is 5.69 Å². The molecule has 2 aliphatic rings. The van der Waals surface area contributed by atoms with E-state index in [4.69, 9.17) is 4.42 Å². The van der Waals surface area contributed by atoms with E-state index in [0.717, 1.165) is 39.0 Å². The van der Waals surface area contributed by atoms with Crippen molar-refractivity contribution in [3.05, 3.63) is 47.9 Å². The van der Waals surface area contributed by atoms with E-state index in [2.05, 4.69) is 9.88 Å². The van der Waals surface area contributed by atoms with Crippen LogP contribution in [-0.4, -0.2) is 71.2 Å². The molecule has 1 aromatic carbocycles. The second kappa shape index (κ2) is 8.28. The number of nitrogens with zero attached hydrogens (tertiary/aromatic N) is 4. The second-order valence-corrected chi connectivity index (χ2v) is 7.32. The molecule has 8 heteroatoms. The molecule has 3 heterocycles. The first-order valence-electron chi connectivity index (χ1n) is 9.74. The summed E-state index contributed by atoms with van der Waals surface area (Å²) in [5.74, 6) is 0.119. The Bertz CT molecular complexity index is 819. The lowest BCUT2D eigenvalue weighted by atomic mass is 10.2. The van der Waals surface area contributed by atoms with Crippen molar-refractivity contribution in [2.75, 3.05) is 44.2 Å². The average molecular weight is 388 g/mol. The molecule has 150 valence electrons. The van der Waals surface area contributed by atoms with Crippen LogP contribution < -0.4 is 4.90 Å². The van der Waals surface area contributed by atoms with Crippen LogP contribution >= 0.6 is 0 Å². The topological polar surface area (TPSA) is 73.1 Å². The monoisotopic (exact) mass is 388 g/mol. The highest BCUT2D eigenvalue weighted by Crippen LogP contribution is 2.22. The van der Waals surface area contributed by atoms with Gasteiger partial charge in [0, 0.05) is 32.7 Å². The molecule has 2 saturated heterocycles. The lowest BCUT2D eigenvalue weighted by molar-refractivity contribution is 0.0671. The smallest absolute Gasteiger partial charge is 0.276 e. The molecule has 2 aliphatic heterocycles. The predicted octanol–water partition coefficient (Wildman–Crippen LogP) is 1.73. The number of piperazine rings is 1. The highest BCUT2D eigenvalue weighted by molar-refractivity contribution is 5.92. The van der Waals surface area contributed by atoms with E-state index in [-0.39, 0.29) is 24.4 Å². The van der Waals surface area contributed by atoms with E-state index in [9.17, 15) is 14.3 Å². The van der Waals surface area contributed by atoms with Crippen LogP contribution in [0.5, 0.6) is 0 Å². The molecule has 4 rings (SSSR count). The van der Waals surface area contributed by atoms with E-state index in [0.29, 0.717) is 30.4 Å². The number of aliphatic hydroxyl groups is 1. The van der Waals surface area contributed by atoms with E-state index in [1.807, 2.05) is 11.0 Å². The number of amides is 1. The molecule has 0 unspecified atom stereocenters. The van der Waals surface area contributed by atoms with Gasteiger partial charge in [-0.1, -0.05) is 12.1 Å². The maximum Gasteiger partial charge on any atom is 0.276 e. The van der Waals surface area contributed by atoms with Gasteiger partial charge in [-0.25, -0.2) is 9.37 Å². The van der Waals surface area contributed by atoms with E-state index >= 15 is 0 Å². The standard InChI is InChI=1S/C20H25FN4O3/c21-16-5-1-2-6-18(16)24-10-8-23(9-11-24)12-19-22-17(14-28-19)20(27)25-7-3-4-15(25)13-26/h1-2,5-6,14-15,26H,3-4,7-13H2/t15-/m0/s1. The Kier molecular flexibility index (Phi) is 5.59. The first-order valence-corrected chi connectivity index (χ1v) is 9.74. The van der Waals surface area contributed by atoms with E-state index < -0.39 is 0 Å². The van der Waals surface area contributed by atoms with Crippen LogP contribution in [0, 0.1) is 5.82 Å². The minimum absolute atomic E-state index is 0.0251. The number of carbonyl (C=O) groups excluding carboxylic acids is 1. The summed E-state index contributed by atoms with van der Waals surface area (Å²) >= 11 is 0. The molecule has 0 bridgehead atoms. The molecule has 1 N–H and O–H groups in total. The lowest BCUT2D eigenvalue weighted by Crippen LogP contribution is -2.46. The van der Waals surface area contributed by atoms with Crippen molar-refractivity contribution in [1.29, 1.82) is 0 Å². The molecule has 0 aliphatic carbocycles. The van der Waals surface area contributed by atoms with Gasteiger partial charge in [0.1, 0.15) is 12.1 Å². The first kappa shape index (κ1) is 18.9. The Morgan fingerprint density at radius 2 is 2.00 bits per heavy atom. The van der Waals surface area contributed by atoms with Gasteiger partial charge in [0.25, 0.3) is 5.91 Å². The second-order valence-electron chi connectivity index (χ2n) is 7.32. The third kappa shape index (κ3) is 3.88. The van der Waals surface area contributed by atoms with Gasteiger partial charge in [-0.2, -0.15) is 0 Å². The van der Waals surface area contributed by atoms with Crippen LogP contribution in [0.4, 0.5) is 10.1 Å². The van der Waals surface area contributed by atoms with E-state index in [1.165, 1.54) is 12.3 Å². The fourth-order valence-electron chi connectivity index (χ4n) is 3.97. The molecule has 28 heavy (non-hydrogen) atoms. The van der Waals surface area contributed by atoms with Crippen LogP contribution in [0.15, 0.2) is 34.9 Å². The number of likely N-dealkylation sites (tertiary alicyclic amines) is 1. The third-order valence-electron chi connectivity index (χ3n) is 5.54. The summed E-state index contributed by atoms with van der Waals surface area (Å²) in [5.41, 5.74) is 0.926. The lowest BCUT2D eigenvalue weighted by Gasteiger charge is -2.35. The zero-order valence-electron chi connectivity index (χ0n) is 15.8. The van der Waals surface area contributed by atoms with Crippen LogP contribution in [0.3, 0.4) is 0 Å². The highest BCUT2D eigenvalue weighted by Gasteiger charge is 2.30. The Morgan fingerprint density at radius 1 is 1.21 bits per heavy atom. The number of benzene rings is 1. The summed E-state index contributed by atoms with van der Waals surface area (Å²) in [7, 11) is 0. The molecule has 0 spiro atoms. The third-order valence-corrected chi connectivity index (χ3v) is 5.54. The fraction of sp³-hybridized carbons (Fsp3) is 0.500. The average Bonchev–Trinajstić information content (AvgIpc) is 3.38. The van der Waals surface area contributed by atoms with Gasteiger partial charge in [0.05, 0.1) is 24.9 Å². The van der Waals surface area contributed by atoms with Crippen LogP contribution in [-0.2, 0) is 6.54 Å². The minimum atomic E-state index is -0.199. The number of anilines is 1. The minimum Gasteiger partial charge on any atom is -0.447 e. The number of oxazole rings is 1. The number of rotatable bonds is 5. The number of para-hydroxylation sites is 1. The Hall–Kier alpha value is -2.45. The molecule has 1 aromatic heterocycles. The molecule has 1 atom stereocenters. The number of aliphatic hydroxyl groups excluding tert-OH is 1. The molecule has 2 fully saturated rings. The Balaban J connectivity index is 1.33. The quantitative estimate of drug-likeness (QED) is 0.841. The summed E-state index contributed by atoms with van der Waals surface area (Å²) in [6, 6.07) is 6.70. The van der Waals surface area contributed by atoms with Crippen molar-refractivity contribution < 1.29 is 18.7 Å². The van der Waals surface area contributed by atoms with Gasteiger partial charge in [-0.15, -0.1) is 0 Å². The molecule has 0 saturated carbocycles. The molecule has 1 amide bonds. The van der Waals surface area contributed by atoms with Crippen molar-refractivity contribution in [1.82, 2.24) is 14.8 Å². The Morgan fingerprint density at radius 3 is 2.75 bits per heavy atom. The number of hydrogen-bond acceptors (Lipinski definition) is 6. The van der Waals surface area contributed by atoms with Crippen molar-refractivity contribution in [3.63, 3.8) is 0 Å².